The van der Waals surface area contributed by atoms with Crippen molar-refractivity contribution < 1.29 is 9.47 Å². The first-order valence-corrected chi connectivity index (χ1v) is 10.8. The molecule has 114 valence electrons. The molecule has 0 fully saturated rings. The molecule has 1 aromatic rings. The van der Waals surface area contributed by atoms with Gasteiger partial charge in [-0.1, -0.05) is 43.9 Å². The Morgan fingerprint density at radius 3 is 2.38 bits per heavy atom. The van der Waals surface area contributed by atoms with Crippen molar-refractivity contribution in [1.82, 2.24) is 0 Å². The van der Waals surface area contributed by atoms with Crippen LogP contribution in [0, 0.1) is 17.4 Å². The summed E-state index contributed by atoms with van der Waals surface area (Å²) in [5.41, 5.74) is 4.56. The Kier molecular flexibility index (Phi) is 7.28. The second kappa shape index (κ2) is 8.71. The van der Waals surface area contributed by atoms with Crippen molar-refractivity contribution in [1.29, 1.82) is 0 Å². The monoisotopic (exact) mass is 302 g/mol. The summed E-state index contributed by atoms with van der Waals surface area (Å²) in [5, 5.41) is 0. The van der Waals surface area contributed by atoms with E-state index in [2.05, 4.69) is 37.2 Å². The lowest BCUT2D eigenvalue weighted by atomic mass is 10.1. The van der Waals surface area contributed by atoms with Gasteiger partial charge in [0.15, 0.2) is 0 Å². The topological polar surface area (TPSA) is 18.5 Å². The summed E-state index contributed by atoms with van der Waals surface area (Å²) in [7, 11) is 0.344. The molecule has 0 bridgehead atoms. The van der Waals surface area contributed by atoms with Crippen LogP contribution in [0.4, 0.5) is 0 Å². The zero-order chi connectivity index (χ0) is 15.7. The van der Waals surface area contributed by atoms with Crippen molar-refractivity contribution in [3.05, 3.63) is 42.0 Å². The average Bonchev–Trinajstić information content (AvgIpc) is 2.44. The van der Waals surface area contributed by atoms with Crippen molar-refractivity contribution in [2.75, 3.05) is 13.7 Å². The van der Waals surface area contributed by atoms with Crippen molar-refractivity contribution in [2.24, 2.45) is 5.92 Å². The number of ether oxygens (including phenoxy) is 2. The van der Waals surface area contributed by atoms with Crippen LogP contribution in [0.5, 0.6) is 5.75 Å². The highest BCUT2D eigenvalue weighted by Gasteiger charge is 2.09. The van der Waals surface area contributed by atoms with Crippen LogP contribution in [0.25, 0.3) is 0 Å². The fourth-order valence-corrected chi connectivity index (χ4v) is 2.33. The zero-order valence-corrected chi connectivity index (χ0v) is 14.8. The molecule has 0 aliphatic carbocycles. The first kappa shape index (κ1) is 17.5. The SMILES string of the molecule is C/C=C/[C@H](C#C[Si](C)(C)C)COCc1ccc(OC)cc1. The molecule has 1 atom stereocenters. The number of allylic oxidation sites excluding steroid dienone is 1. The highest BCUT2D eigenvalue weighted by molar-refractivity contribution is 6.83. The van der Waals surface area contributed by atoms with E-state index in [4.69, 9.17) is 9.47 Å². The Balaban J connectivity index is 2.51. The molecule has 0 amide bonds. The number of hydrogen-bond donors (Lipinski definition) is 0. The van der Waals surface area contributed by atoms with Gasteiger partial charge >= 0.3 is 0 Å². The number of rotatable bonds is 6. The van der Waals surface area contributed by atoms with Gasteiger partial charge in [-0.2, -0.15) is 0 Å². The summed E-state index contributed by atoms with van der Waals surface area (Å²) < 4.78 is 10.9. The maximum atomic E-state index is 5.79. The Morgan fingerprint density at radius 1 is 1.19 bits per heavy atom. The molecule has 2 nitrogen and oxygen atoms in total. The van der Waals surface area contributed by atoms with Crippen molar-refractivity contribution in [2.45, 2.75) is 33.2 Å². The van der Waals surface area contributed by atoms with E-state index in [-0.39, 0.29) is 5.92 Å². The molecule has 0 saturated heterocycles. The fourth-order valence-electron chi connectivity index (χ4n) is 1.71. The van der Waals surface area contributed by atoms with E-state index in [1.54, 1.807) is 7.11 Å². The van der Waals surface area contributed by atoms with Crippen molar-refractivity contribution >= 4 is 8.07 Å². The molecule has 1 rings (SSSR count). The lowest BCUT2D eigenvalue weighted by Gasteiger charge is -2.10. The van der Waals surface area contributed by atoms with Crippen LogP contribution in [0.2, 0.25) is 19.6 Å². The van der Waals surface area contributed by atoms with Gasteiger partial charge in [0.1, 0.15) is 13.8 Å². The molecule has 0 heterocycles. The summed E-state index contributed by atoms with van der Waals surface area (Å²) in [5.74, 6) is 4.39. The molecule has 0 aromatic heterocycles. The molecule has 21 heavy (non-hydrogen) atoms. The molecular weight excluding hydrogens is 276 g/mol. The summed E-state index contributed by atoms with van der Waals surface area (Å²) in [4.78, 5) is 0. The van der Waals surface area contributed by atoms with Crippen LogP contribution in [0.3, 0.4) is 0 Å². The van der Waals surface area contributed by atoms with E-state index >= 15 is 0 Å². The molecule has 0 N–H and O–H groups in total. The smallest absolute Gasteiger partial charge is 0.129 e. The Bertz CT molecular complexity index is 501. The molecule has 3 heteroatoms. The third-order valence-electron chi connectivity index (χ3n) is 2.78. The Hall–Kier alpha value is -1.50. The van der Waals surface area contributed by atoms with Gasteiger partial charge in [0.25, 0.3) is 0 Å². The maximum Gasteiger partial charge on any atom is 0.129 e. The van der Waals surface area contributed by atoms with E-state index in [1.165, 1.54) is 0 Å². The minimum Gasteiger partial charge on any atom is -0.497 e. The van der Waals surface area contributed by atoms with Crippen LogP contribution in [0.15, 0.2) is 36.4 Å². The largest absolute Gasteiger partial charge is 0.497 e. The minimum atomic E-state index is -1.33. The van der Waals surface area contributed by atoms with Crippen LogP contribution in [0.1, 0.15) is 12.5 Å². The first-order chi connectivity index (χ1) is 9.94. The molecule has 0 unspecified atom stereocenters. The summed E-state index contributed by atoms with van der Waals surface area (Å²) in [6.07, 6.45) is 4.15. The molecule has 0 aliphatic heterocycles. The van der Waals surface area contributed by atoms with Crippen LogP contribution in [-0.2, 0) is 11.3 Å². The van der Waals surface area contributed by atoms with E-state index in [0.29, 0.717) is 13.2 Å². The van der Waals surface area contributed by atoms with Gasteiger partial charge in [-0.05, 0) is 24.6 Å². The maximum absolute atomic E-state index is 5.79. The molecule has 1 aromatic carbocycles. The quantitative estimate of drug-likeness (QED) is 0.443. The summed E-state index contributed by atoms with van der Waals surface area (Å²) in [6.45, 7) is 10.0. The van der Waals surface area contributed by atoms with Crippen LogP contribution >= 0.6 is 0 Å². The van der Waals surface area contributed by atoms with E-state index in [1.807, 2.05) is 37.3 Å². The van der Waals surface area contributed by atoms with Gasteiger partial charge in [-0.15, -0.1) is 11.5 Å². The van der Waals surface area contributed by atoms with Gasteiger partial charge in [0.05, 0.1) is 26.2 Å². The molecule has 0 saturated carbocycles. The zero-order valence-electron chi connectivity index (χ0n) is 13.8. The fraction of sp³-hybridized carbons (Fsp3) is 0.444. The molecule has 0 spiro atoms. The Morgan fingerprint density at radius 2 is 1.86 bits per heavy atom. The Labute approximate surface area is 130 Å². The molecular formula is C18H26O2Si. The van der Waals surface area contributed by atoms with Gasteiger partial charge in [-0.25, -0.2) is 0 Å². The standard InChI is InChI=1S/C18H26O2Si/c1-6-7-16(12-13-21(3,4)5)14-20-15-17-8-10-18(19-2)11-9-17/h6-11,16H,14-15H2,1-5H3/b7-6+/t16-/m1/s1. The lowest BCUT2D eigenvalue weighted by molar-refractivity contribution is 0.111. The van der Waals surface area contributed by atoms with Crippen LogP contribution < -0.4 is 4.74 Å². The lowest BCUT2D eigenvalue weighted by Crippen LogP contribution is -2.17. The molecule has 0 aliphatic rings. The molecule has 0 radical (unpaired) electrons. The second-order valence-electron chi connectivity index (χ2n) is 6.01. The van der Waals surface area contributed by atoms with E-state index < -0.39 is 8.07 Å². The van der Waals surface area contributed by atoms with Crippen molar-refractivity contribution in [3.8, 4) is 17.2 Å². The van der Waals surface area contributed by atoms with E-state index in [9.17, 15) is 0 Å². The van der Waals surface area contributed by atoms with Gasteiger partial charge in [-0.3, -0.25) is 0 Å². The van der Waals surface area contributed by atoms with Gasteiger partial charge < -0.3 is 9.47 Å². The number of hydrogen-bond acceptors (Lipinski definition) is 2. The highest BCUT2D eigenvalue weighted by atomic mass is 28.3. The van der Waals surface area contributed by atoms with E-state index in [0.717, 1.165) is 11.3 Å². The number of methoxy groups -OCH3 is 1. The van der Waals surface area contributed by atoms with Gasteiger partial charge in [0.2, 0.25) is 0 Å². The highest BCUT2D eigenvalue weighted by Crippen LogP contribution is 2.12. The first-order valence-electron chi connectivity index (χ1n) is 7.31. The minimum absolute atomic E-state index is 0.181. The third kappa shape index (κ3) is 7.74. The predicted octanol–water partition coefficient (Wildman–Crippen LogP) is 4.28. The predicted molar refractivity (Wildman–Crippen MR) is 92.1 cm³/mol. The second-order valence-corrected chi connectivity index (χ2v) is 10.8. The van der Waals surface area contributed by atoms with Crippen LogP contribution in [-0.4, -0.2) is 21.8 Å². The summed E-state index contributed by atoms with van der Waals surface area (Å²) >= 11 is 0. The average molecular weight is 302 g/mol. The normalized spacial score (nSPS) is 12.8. The number of benzene rings is 1. The third-order valence-corrected chi connectivity index (χ3v) is 3.68. The van der Waals surface area contributed by atoms with Crippen molar-refractivity contribution in [3.63, 3.8) is 0 Å². The van der Waals surface area contributed by atoms with Gasteiger partial charge in [0, 0.05) is 0 Å². The summed E-state index contributed by atoms with van der Waals surface area (Å²) in [6, 6.07) is 7.95.